The first kappa shape index (κ1) is 13.7. The summed E-state index contributed by atoms with van der Waals surface area (Å²) >= 11 is 0. The zero-order chi connectivity index (χ0) is 14.8. The molecule has 3 nitrogen and oxygen atoms in total. The van der Waals surface area contributed by atoms with Crippen LogP contribution in [0.4, 0.5) is 4.39 Å². The van der Waals surface area contributed by atoms with Gasteiger partial charge < -0.3 is 0 Å². The standard InChI is InChI=1S/C17H16FN3/c1-11-6-7-14(16(18)8-11)17(21-19)15-10-20-9-12-4-2-3-5-13(12)15/h2-10,17,21H,19H2,1H3. The minimum atomic E-state index is -0.441. The molecule has 1 heterocycles. The van der Waals surface area contributed by atoms with E-state index in [0.717, 1.165) is 21.9 Å². The van der Waals surface area contributed by atoms with E-state index in [4.69, 9.17) is 5.84 Å². The summed E-state index contributed by atoms with van der Waals surface area (Å²) in [6.45, 7) is 1.86. The molecule has 3 rings (SSSR count). The van der Waals surface area contributed by atoms with E-state index in [0.29, 0.717) is 5.56 Å². The van der Waals surface area contributed by atoms with Crippen molar-refractivity contribution in [3.63, 3.8) is 0 Å². The summed E-state index contributed by atoms with van der Waals surface area (Å²) in [5.74, 6) is 5.42. The maximum absolute atomic E-state index is 14.3. The van der Waals surface area contributed by atoms with Crippen molar-refractivity contribution in [2.24, 2.45) is 5.84 Å². The third kappa shape index (κ3) is 2.51. The molecule has 1 aromatic heterocycles. The number of fused-ring (bicyclic) bond motifs is 1. The van der Waals surface area contributed by atoms with Gasteiger partial charge in [-0.25, -0.2) is 9.82 Å². The second kappa shape index (κ2) is 5.60. The lowest BCUT2D eigenvalue weighted by Crippen LogP contribution is -2.29. The van der Waals surface area contributed by atoms with Crippen LogP contribution >= 0.6 is 0 Å². The number of aromatic nitrogens is 1. The van der Waals surface area contributed by atoms with Crippen LogP contribution in [0.3, 0.4) is 0 Å². The van der Waals surface area contributed by atoms with Gasteiger partial charge >= 0.3 is 0 Å². The van der Waals surface area contributed by atoms with E-state index in [9.17, 15) is 4.39 Å². The van der Waals surface area contributed by atoms with E-state index < -0.39 is 6.04 Å². The Kier molecular flexibility index (Phi) is 3.64. The number of hydrazine groups is 1. The van der Waals surface area contributed by atoms with Gasteiger partial charge in [-0.15, -0.1) is 0 Å². The van der Waals surface area contributed by atoms with Crippen molar-refractivity contribution in [3.05, 3.63) is 77.4 Å². The van der Waals surface area contributed by atoms with E-state index in [-0.39, 0.29) is 5.82 Å². The summed E-state index contributed by atoms with van der Waals surface area (Å²) in [5, 5.41) is 2.01. The molecule has 1 atom stereocenters. The number of aryl methyl sites for hydroxylation is 1. The number of rotatable bonds is 3. The molecule has 4 heteroatoms. The van der Waals surface area contributed by atoms with E-state index in [1.54, 1.807) is 18.5 Å². The van der Waals surface area contributed by atoms with Crippen LogP contribution in [-0.4, -0.2) is 4.98 Å². The highest BCUT2D eigenvalue weighted by Crippen LogP contribution is 2.29. The van der Waals surface area contributed by atoms with Gasteiger partial charge in [-0.2, -0.15) is 0 Å². The highest BCUT2D eigenvalue weighted by atomic mass is 19.1. The molecule has 106 valence electrons. The van der Waals surface area contributed by atoms with Crippen LogP contribution in [0.15, 0.2) is 54.9 Å². The van der Waals surface area contributed by atoms with Gasteiger partial charge in [0.2, 0.25) is 0 Å². The molecule has 0 fully saturated rings. The number of pyridine rings is 1. The largest absolute Gasteiger partial charge is 0.271 e. The van der Waals surface area contributed by atoms with Crippen molar-refractivity contribution in [2.75, 3.05) is 0 Å². The smallest absolute Gasteiger partial charge is 0.128 e. The topological polar surface area (TPSA) is 50.9 Å². The Labute approximate surface area is 122 Å². The first-order valence-electron chi connectivity index (χ1n) is 6.75. The fourth-order valence-corrected chi connectivity index (χ4v) is 2.58. The molecule has 0 aliphatic rings. The third-order valence-corrected chi connectivity index (χ3v) is 3.64. The van der Waals surface area contributed by atoms with E-state index in [1.165, 1.54) is 6.07 Å². The molecule has 0 amide bonds. The quantitative estimate of drug-likeness (QED) is 0.572. The number of benzene rings is 2. The SMILES string of the molecule is Cc1ccc(C(NN)c2cncc3ccccc23)c(F)c1. The molecule has 0 spiro atoms. The minimum absolute atomic E-state index is 0.272. The fraction of sp³-hybridized carbons (Fsp3) is 0.118. The molecule has 3 N–H and O–H groups in total. The average molecular weight is 281 g/mol. The average Bonchev–Trinajstić information content (AvgIpc) is 2.50. The number of nitrogens with zero attached hydrogens (tertiary/aromatic N) is 1. The maximum atomic E-state index is 14.3. The predicted octanol–water partition coefficient (Wildman–Crippen LogP) is 3.24. The molecule has 3 aromatic rings. The molecule has 0 bridgehead atoms. The van der Waals surface area contributed by atoms with Gasteiger partial charge in [0.05, 0.1) is 6.04 Å². The third-order valence-electron chi connectivity index (χ3n) is 3.64. The van der Waals surface area contributed by atoms with Crippen LogP contribution in [0.2, 0.25) is 0 Å². The summed E-state index contributed by atoms with van der Waals surface area (Å²) in [7, 11) is 0. The minimum Gasteiger partial charge on any atom is -0.271 e. The van der Waals surface area contributed by atoms with Crippen LogP contribution in [0.1, 0.15) is 22.7 Å². The van der Waals surface area contributed by atoms with Crippen LogP contribution in [0.5, 0.6) is 0 Å². The van der Waals surface area contributed by atoms with E-state index in [1.807, 2.05) is 37.3 Å². The lowest BCUT2D eigenvalue weighted by Gasteiger charge is -2.19. The summed E-state index contributed by atoms with van der Waals surface area (Å²) in [4.78, 5) is 4.24. The van der Waals surface area contributed by atoms with Crippen LogP contribution < -0.4 is 11.3 Å². The van der Waals surface area contributed by atoms with Crippen molar-refractivity contribution in [2.45, 2.75) is 13.0 Å². The molecule has 0 aliphatic heterocycles. The summed E-state index contributed by atoms with van der Waals surface area (Å²) < 4.78 is 14.3. The van der Waals surface area contributed by atoms with Gasteiger partial charge in [0.15, 0.2) is 0 Å². The molecule has 0 saturated carbocycles. The van der Waals surface area contributed by atoms with E-state index >= 15 is 0 Å². The number of nitrogens with one attached hydrogen (secondary N) is 1. The van der Waals surface area contributed by atoms with Gasteiger partial charge in [0.25, 0.3) is 0 Å². The fourth-order valence-electron chi connectivity index (χ4n) is 2.58. The highest BCUT2D eigenvalue weighted by Gasteiger charge is 2.19. The summed E-state index contributed by atoms with van der Waals surface area (Å²) in [6, 6.07) is 12.6. The normalized spacial score (nSPS) is 12.5. The Morgan fingerprint density at radius 3 is 2.67 bits per heavy atom. The van der Waals surface area contributed by atoms with Crippen molar-refractivity contribution in [3.8, 4) is 0 Å². The van der Waals surface area contributed by atoms with Gasteiger partial charge in [-0.3, -0.25) is 10.8 Å². The van der Waals surface area contributed by atoms with Crippen molar-refractivity contribution >= 4 is 10.8 Å². The molecule has 21 heavy (non-hydrogen) atoms. The molecular formula is C17H16FN3. The van der Waals surface area contributed by atoms with Crippen molar-refractivity contribution < 1.29 is 4.39 Å². The monoisotopic (exact) mass is 281 g/mol. The predicted molar refractivity (Wildman–Crippen MR) is 82.0 cm³/mol. The zero-order valence-electron chi connectivity index (χ0n) is 11.7. The van der Waals surface area contributed by atoms with Gasteiger partial charge in [0, 0.05) is 28.9 Å². The molecular weight excluding hydrogens is 265 g/mol. The van der Waals surface area contributed by atoms with Gasteiger partial charge in [-0.05, 0) is 23.9 Å². The maximum Gasteiger partial charge on any atom is 0.128 e. The molecule has 0 radical (unpaired) electrons. The van der Waals surface area contributed by atoms with Gasteiger partial charge in [-0.1, -0.05) is 36.4 Å². The van der Waals surface area contributed by atoms with Crippen molar-refractivity contribution in [1.29, 1.82) is 0 Å². The lowest BCUT2D eigenvalue weighted by atomic mass is 9.95. The molecule has 2 aromatic carbocycles. The first-order valence-corrected chi connectivity index (χ1v) is 6.75. The van der Waals surface area contributed by atoms with Gasteiger partial charge in [0.1, 0.15) is 5.82 Å². The zero-order valence-corrected chi connectivity index (χ0v) is 11.7. The first-order chi connectivity index (χ1) is 10.2. The Bertz CT molecular complexity index is 781. The molecule has 0 saturated heterocycles. The van der Waals surface area contributed by atoms with Crippen LogP contribution in [0, 0.1) is 12.7 Å². The second-order valence-electron chi connectivity index (χ2n) is 5.07. The Balaban J connectivity index is 2.18. The van der Waals surface area contributed by atoms with Crippen LogP contribution in [0.25, 0.3) is 10.8 Å². The number of halogens is 1. The van der Waals surface area contributed by atoms with Crippen molar-refractivity contribution in [1.82, 2.24) is 10.4 Å². The number of hydrogen-bond donors (Lipinski definition) is 2. The molecule has 1 unspecified atom stereocenters. The Hall–Kier alpha value is -2.30. The highest BCUT2D eigenvalue weighted by molar-refractivity contribution is 5.85. The van der Waals surface area contributed by atoms with Crippen LogP contribution in [-0.2, 0) is 0 Å². The Morgan fingerprint density at radius 2 is 1.90 bits per heavy atom. The lowest BCUT2D eigenvalue weighted by molar-refractivity contribution is 0.560. The number of nitrogens with two attached hydrogens (primary N) is 1. The Morgan fingerprint density at radius 1 is 1.10 bits per heavy atom. The summed E-state index contributed by atoms with van der Waals surface area (Å²) in [5.41, 5.74) is 4.96. The molecule has 0 aliphatic carbocycles. The summed E-state index contributed by atoms with van der Waals surface area (Å²) in [6.07, 6.45) is 3.52. The number of hydrogen-bond acceptors (Lipinski definition) is 3. The second-order valence-corrected chi connectivity index (χ2v) is 5.07. The van der Waals surface area contributed by atoms with E-state index in [2.05, 4.69) is 10.4 Å².